The number of aryl methyl sites for hydroxylation is 1. The Labute approximate surface area is 160 Å². The predicted octanol–water partition coefficient (Wildman–Crippen LogP) is 1.66. The van der Waals surface area contributed by atoms with Crippen LogP contribution in [-0.4, -0.2) is 75.4 Å². The molecule has 0 bridgehead atoms. The highest BCUT2D eigenvalue weighted by molar-refractivity contribution is 7.88. The van der Waals surface area contributed by atoms with E-state index >= 15 is 0 Å². The van der Waals surface area contributed by atoms with Crippen molar-refractivity contribution in [2.45, 2.75) is 31.8 Å². The number of sulfonamides is 1. The number of amides is 2. The summed E-state index contributed by atoms with van der Waals surface area (Å²) in [5.41, 5.74) is 1.62. The Morgan fingerprint density at radius 2 is 1.93 bits per heavy atom. The molecule has 1 aromatic rings. The first-order chi connectivity index (χ1) is 12.8. The summed E-state index contributed by atoms with van der Waals surface area (Å²) in [5, 5.41) is 2.88. The molecule has 2 amide bonds. The monoisotopic (exact) mass is 397 g/mol. The van der Waals surface area contributed by atoms with Crippen molar-refractivity contribution in [1.82, 2.24) is 9.21 Å². The summed E-state index contributed by atoms with van der Waals surface area (Å²) in [6.07, 6.45) is 2.63. The Morgan fingerprint density at radius 3 is 2.48 bits per heavy atom. The van der Waals surface area contributed by atoms with E-state index in [1.165, 1.54) is 6.26 Å². The van der Waals surface area contributed by atoms with Crippen molar-refractivity contribution in [3.8, 4) is 5.75 Å². The van der Waals surface area contributed by atoms with E-state index in [-0.39, 0.29) is 18.1 Å². The number of nitrogens with zero attached hydrogens (tertiary/aromatic N) is 2. The summed E-state index contributed by atoms with van der Waals surface area (Å²) in [7, 11) is -1.75. The molecule has 2 aliphatic rings. The molecular weight excluding hydrogens is 370 g/mol. The van der Waals surface area contributed by atoms with Crippen LogP contribution in [-0.2, 0) is 14.8 Å². The molecule has 0 aliphatic carbocycles. The molecule has 0 spiro atoms. The maximum atomic E-state index is 12.5. The number of carbonyl (C=O) groups excluding carboxylic acids is 1. The van der Waals surface area contributed by atoms with E-state index in [1.54, 1.807) is 28.4 Å². The van der Waals surface area contributed by atoms with Gasteiger partial charge in [-0.1, -0.05) is 0 Å². The lowest BCUT2D eigenvalue weighted by molar-refractivity contribution is 0.0246. The fourth-order valence-corrected chi connectivity index (χ4v) is 5.09. The summed E-state index contributed by atoms with van der Waals surface area (Å²) in [5.74, 6) is 0.731. The van der Waals surface area contributed by atoms with Crippen LogP contribution in [0.5, 0.6) is 5.75 Å². The normalized spacial score (nSPS) is 19.0. The molecule has 0 unspecified atom stereocenters. The third-order valence-corrected chi connectivity index (χ3v) is 6.48. The molecule has 2 heterocycles. The molecule has 150 valence electrons. The first kappa shape index (κ1) is 19.9. The second-order valence-corrected chi connectivity index (χ2v) is 8.99. The molecule has 1 N–H and O–H groups in total. The molecule has 3 rings (SSSR count). The van der Waals surface area contributed by atoms with Gasteiger partial charge in [0.15, 0.2) is 0 Å². The van der Waals surface area contributed by atoms with E-state index in [0.717, 1.165) is 11.3 Å². The molecule has 2 fully saturated rings. The Kier molecular flexibility index (Phi) is 5.92. The van der Waals surface area contributed by atoms with Crippen molar-refractivity contribution in [1.29, 1.82) is 0 Å². The summed E-state index contributed by atoms with van der Waals surface area (Å²) in [4.78, 5) is 14.1. The number of hydrogen-bond donors (Lipinski definition) is 1. The fourth-order valence-electron chi connectivity index (χ4n) is 3.66. The molecule has 1 aromatic carbocycles. The first-order valence-corrected chi connectivity index (χ1v) is 10.9. The molecule has 0 aromatic heterocycles. The molecule has 0 saturated carbocycles. The van der Waals surface area contributed by atoms with Gasteiger partial charge >= 0.3 is 6.03 Å². The number of likely N-dealkylation sites (tertiary alicyclic amines) is 1. The molecule has 0 radical (unpaired) electrons. The van der Waals surface area contributed by atoms with Gasteiger partial charge in [0, 0.05) is 38.0 Å². The van der Waals surface area contributed by atoms with Crippen LogP contribution in [0.1, 0.15) is 18.4 Å². The average Bonchev–Trinajstić information content (AvgIpc) is 2.58. The SMILES string of the molecule is COc1ccc(NC(=O)N2CC(N(C3CCOCC3)S(C)(=O)=O)C2)c(C)c1. The number of ether oxygens (including phenoxy) is 2. The average molecular weight is 397 g/mol. The van der Waals surface area contributed by atoms with Gasteiger partial charge in [0.2, 0.25) is 10.0 Å². The van der Waals surface area contributed by atoms with Crippen molar-refractivity contribution < 1.29 is 22.7 Å². The van der Waals surface area contributed by atoms with Gasteiger partial charge in [0.1, 0.15) is 5.75 Å². The molecule has 27 heavy (non-hydrogen) atoms. The van der Waals surface area contributed by atoms with Gasteiger partial charge in [-0.3, -0.25) is 0 Å². The predicted molar refractivity (Wildman–Crippen MR) is 103 cm³/mol. The molecule has 2 saturated heterocycles. The van der Waals surface area contributed by atoms with Crippen LogP contribution in [0.15, 0.2) is 18.2 Å². The molecule has 8 nitrogen and oxygen atoms in total. The Morgan fingerprint density at radius 1 is 1.26 bits per heavy atom. The third kappa shape index (κ3) is 4.53. The summed E-state index contributed by atoms with van der Waals surface area (Å²) < 4.78 is 36.7. The number of urea groups is 1. The molecule has 0 atom stereocenters. The van der Waals surface area contributed by atoms with E-state index < -0.39 is 10.0 Å². The van der Waals surface area contributed by atoms with Gasteiger partial charge in [0.25, 0.3) is 0 Å². The maximum absolute atomic E-state index is 12.5. The van der Waals surface area contributed by atoms with Gasteiger partial charge in [-0.2, -0.15) is 4.31 Å². The lowest BCUT2D eigenvalue weighted by atomic mass is 10.0. The van der Waals surface area contributed by atoms with Gasteiger partial charge in [-0.15, -0.1) is 0 Å². The highest BCUT2D eigenvalue weighted by atomic mass is 32.2. The van der Waals surface area contributed by atoms with Crippen LogP contribution in [0, 0.1) is 6.92 Å². The van der Waals surface area contributed by atoms with Gasteiger partial charge in [0.05, 0.1) is 19.4 Å². The van der Waals surface area contributed by atoms with Crippen LogP contribution >= 0.6 is 0 Å². The topological polar surface area (TPSA) is 88.2 Å². The van der Waals surface area contributed by atoms with Gasteiger partial charge < -0.3 is 19.7 Å². The Balaban J connectivity index is 1.61. The minimum atomic E-state index is -3.34. The largest absolute Gasteiger partial charge is 0.497 e. The Bertz CT molecular complexity index is 786. The van der Waals surface area contributed by atoms with Gasteiger partial charge in [-0.05, 0) is 43.5 Å². The van der Waals surface area contributed by atoms with E-state index in [9.17, 15) is 13.2 Å². The van der Waals surface area contributed by atoms with E-state index in [0.29, 0.717) is 44.8 Å². The quantitative estimate of drug-likeness (QED) is 0.816. The zero-order valence-corrected chi connectivity index (χ0v) is 16.8. The highest BCUT2D eigenvalue weighted by Gasteiger charge is 2.42. The number of anilines is 1. The fraction of sp³-hybridized carbons (Fsp3) is 0.611. The van der Waals surface area contributed by atoms with E-state index in [4.69, 9.17) is 9.47 Å². The molecular formula is C18H27N3O5S. The zero-order chi connectivity index (χ0) is 19.6. The number of rotatable bonds is 5. The number of hydrogen-bond acceptors (Lipinski definition) is 5. The van der Waals surface area contributed by atoms with Crippen molar-refractivity contribution in [3.63, 3.8) is 0 Å². The van der Waals surface area contributed by atoms with E-state index in [2.05, 4.69) is 5.32 Å². The maximum Gasteiger partial charge on any atom is 0.321 e. The Hall–Kier alpha value is -1.84. The van der Waals surface area contributed by atoms with Crippen LogP contribution in [0.2, 0.25) is 0 Å². The number of benzene rings is 1. The van der Waals surface area contributed by atoms with Crippen molar-refractivity contribution >= 4 is 21.7 Å². The van der Waals surface area contributed by atoms with Gasteiger partial charge in [-0.25, -0.2) is 13.2 Å². The standard InChI is InChI=1S/C18H27N3O5S/c1-13-10-16(25-2)4-5-17(13)19-18(22)20-11-15(12-20)21(27(3,23)24)14-6-8-26-9-7-14/h4-5,10,14-15H,6-9,11-12H2,1-3H3,(H,19,22). The highest BCUT2D eigenvalue weighted by Crippen LogP contribution is 2.27. The van der Waals surface area contributed by atoms with Crippen LogP contribution in [0.25, 0.3) is 0 Å². The third-order valence-electron chi connectivity index (χ3n) is 5.12. The smallest absolute Gasteiger partial charge is 0.321 e. The van der Waals surface area contributed by atoms with Crippen molar-refractivity contribution in [2.24, 2.45) is 0 Å². The number of carbonyl (C=O) groups is 1. The minimum absolute atomic E-state index is 0.0483. The van der Waals surface area contributed by atoms with Crippen LogP contribution in [0.3, 0.4) is 0 Å². The summed E-state index contributed by atoms with van der Waals surface area (Å²) >= 11 is 0. The second-order valence-electron chi connectivity index (χ2n) is 7.11. The van der Waals surface area contributed by atoms with Crippen LogP contribution in [0.4, 0.5) is 10.5 Å². The first-order valence-electron chi connectivity index (χ1n) is 9.06. The minimum Gasteiger partial charge on any atom is -0.497 e. The van der Waals surface area contributed by atoms with Crippen molar-refractivity contribution in [3.05, 3.63) is 23.8 Å². The van der Waals surface area contributed by atoms with Crippen molar-refractivity contribution in [2.75, 3.05) is 45.0 Å². The number of methoxy groups -OCH3 is 1. The zero-order valence-electron chi connectivity index (χ0n) is 16.0. The second kappa shape index (κ2) is 8.04. The summed E-state index contributed by atoms with van der Waals surface area (Å²) in [6, 6.07) is 5.00. The summed E-state index contributed by atoms with van der Waals surface area (Å²) in [6.45, 7) is 3.83. The lowest BCUT2D eigenvalue weighted by Gasteiger charge is -2.47. The molecule has 2 aliphatic heterocycles. The number of nitrogens with one attached hydrogen (secondary N) is 1. The molecule has 9 heteroatoms. The lowest BCUT2D eigenvalue weighted by Crippen LogP contribution is -2.65. The van der Waals surface area contributed by atoms with Crippen LogP contribution < -0.4 is 10.1 Å². The van der Waals surface area contributed by atoms with E-state index in [1.807, 2.05) is 13.0 Å².